The molecule has 0 atom stereocenters. The van der Waals surface area contributed by atoms with E-state index >= 15 is 0 Å². The molecule has 3 rings (SSSR count). The van der Waals surface area contributed by atoms with Gasteiger partial charge in [0.25, 0.3) is 0 Å². The van der Waals surface area contributed by atoms with Gasteiger partial charge in [0.2, 0.25) is 5.91 Å². The van der Waals surface area contributed by atoms with Gasteiger partial charge >= 0.3 is 6.09 Å². The summed E-state index contributed by atoms with van der Waals surface area (Å²) in [6.07, 6.45) is 0.626. The molecule has 2 aromatic rings. The first-order valence-corrected chi connectivity index (χ1v) is 8.49. The molecule has 0 unspecified atom stereocenters. The molecule has 0 saturated carbocycles. The van der Waals surface area contributed by atoms with Gasteiger partial charge < -0.3 is 9.64 Å². The monoisotopic (exact) mass is 337 g/mol. The second-order valence-corrected chi connectivity index (χ2v) is 6.94. The van der Waals surface area contributed by atoms with E-state index in [9.17, 15) is 9.59 Å². The Hall–Kier alpha value is -1.93. The third-order valence-corrected chi connectivity index (χ3v) is 5.26. The first kappa shape index (κ1) is 15.0. The van der Waals surface area contributed by atoms with E-state index in [4.69, 9.17) is 0 Å². The van der Waals surface area contributed by atoms with Crippen LogP contribution in [0.3, 0.4) is 0 Å². The number of nitrogens with one attached hydrogen (secondary N) is 1. The number of hydrogen-bond acceptors (Lipinski definition) is 6. The highest BCUT2D eigenvalue weighted by atomic mass is 32.1. The van der Waals surface area contributed by atoms with E-state index in [0.717, 1.165) is 15.4 Å². The molecule has 8 heteroatoms. The highest BCUT2D eigenvalue weighted by Gasteiger charge is 2.24. The third kappa shape index (κ3) is 3.28. The Bertz CT molecular complexity index is 682. The molecule has 0 aromatic carbocycles. The smallest absolute Gasteiger partial charge is 0.413 e. The minimum Gasteiger partial charge on any atom is -0.453 e. The molecule has 1 aliphatic heterocycles. The van der Waals surface area contributed by atoms with Gasteiger partial charge in [-0.3, -0.25) is 10.1 Å². The minimum atomic E-state index is -0.531. The number of hydrogen-bond donors (Lipinski definition) is 1. The Labute approximate surface area is 135 Å². The van der Waals surface area contributed by atoms with Crippen molar-refractivity contribution in [2.24, 2.45) is 0 Å². The van der Waals surface area contributed by atoms with Crippen molar-refractivity contribution in [3.05, 3.63) is 33.0 Å². The van der Waals surface area contributed by atoms with Crippen molar-refractivity contribution in [3.63, 3.8) is 0 Å². The number of thiazole rings is 1. The molecule has 2 amide bonds. The number of ether oxygens (including phenoxy) is 1. The molecule has 1 N–H and O–H groups in total. The van der Waals surface area contributed by atoms with E-state index in [-0.39, 0.29) is 5.91 Å². The maximum atomic E-state index is 12.3. The Kier molecular flexibility index (Phi) is 4.39. The third-order valence-electron chi connectivity index (χ3n) is 3.38. The zero-order valence-corrected chi connectivity index (χ0v) is 13.6. The Morgan fingerprint density at radius 1 is 1.50 bits per heavy atom. The van der Waals surface area contributed by atoms with E-state index < -0.39 is 6.09 Å². The average Bonchev–Trinajstić information content (AvgIpc) is 3.14. The largest absolute Gasteiger partial charge is 0.453 e. The maximum absolute atomic E-state index is 12.3. The molecule has 0 aliphatic carbocycles. The normalized spacial score (nSPS) is 13.6. The van der Waals surface area contributed by atoms with Crippen LogP contribution in [0.25, 0.3) is 0 Å². The number of carbonyl (C=O) groups excluding carboxylic acids is 2. The van der Waals surface area contributed by atoms with Crippen LogP contribution in [0.1, 0.15) is 15.4 Å². The number of anilines is 1. The lowest BCUT2D eigenvalue weighted by Crippen LogP contribution is -2.36. The first-order chi connectivity index (χ1) is 10.7. The second kappa shape index (κ2) is 6.45. The lowest BCUT2D eigenvalue weighted by atomic mass is 10.1. The summed E-state index contributed by atoms with van der Waals surface area (Å²) in [5, 5.41) is 5.07. The number of nitrogens with zero attached hydrogens (tertiary/aromatic N) is 2. The highest BCUT2D eigenvalue weighted by Crippen LogP contribution is 2.28. The van der Waals surface area contributed by atoms with Crippen LogP contribution in [0.4, 0.5) is 9.93 Å². The van der Waals surface area contributed by atoms with Gasteiger partial charge in [-0.15, -0.1) is 11.3 Å². The minimum absolute atomic E-state index is 0.129. The maximum Gasteiger partial charge on any atom is 0.413 e. The van der Waals surface area contributed by atoms with Crippen LogP contribution in [0.5, 0.6) is 0 Å². The van der Waals surface area contributed by atoms with Gasteiger partial charge in [-0.1, -0.05) is 17.4 Å². The van der Waals surface area contributed by atoms with E-state index in [2.05, 4.69) is 15.0 Å². The van der Waals surface area contributed by atoms with Crippen LogP contribution < -0.4 is 5.32 Å². The summed E-state index contributed by atoms with van der Waals surface area (Å²) in [6.45, 7) is 1.22. The van der Waals surface area contributed by atoms with E-state index in [1.807, 2.05) is 22.4 Å². The summed E-state index contributed by atoms with van der Waals surface area (Å²) < 4.78 is 4.56. The average molecular weight is 337 g/mol. The zero-order valence-electron chi connectivity index (χ0n) is 12.0. The van der Waals surface area contributed by atoms with Gasteiger partial charge in [0.15, 0.2) is 5.13 Å². The first-order valence-electron chi connectivity index (χ1n) is 6.79. The summed E-state index contributed by atoms with van der Waals surface area (Å²) in [6, 6.07) is 3.93. The van der Waals surface area contributed by atoms with Gasteiger partial charge in [-0.2, -0.15) is 0 Å². The summed E-state index contributed by atoms with van der Waals surface area (Å²) in [5.74, 6) is 0.129. The molecular formula is C14H15N3O3S2. The van der Waals surface area contributed by atoms with Crippen molar-refractivity contribution < 1.29 is 14.3 Å². The second-order valence-electron chi connectivity index (χ2n) is 4.83. The number of thiophene rings is 1. The van der Waals surface area contributed by atoms with Crippen LogP contribution in [0, 0.1) is 0 Å². The molecule has 0 fully saturated rings. The molecule has 22 heavy (non-hydrogen) atoms. The fraction of sp³-hybridized carbons (Fsp3) is 0.357. The van der Waals surface area contributed by atoms with Crippen LogP contribution in [0.2, 0.25) is 0 Å². The molecule has 1 aliphatic rings. The van der Waals surface area contributed by atoms with Crippen molar-refractivity contribution in [1.29, 1.82) is 0 Å². The summed E-state index contributed by atoms with van der Waals surface area (Å²) in [4.78, 5) is 31.9. The fourth-order valence-corrected chi connectivity index (χ4v) is 3.98. The molecule has 6 nitrogen and oxygen atoms in total. The molecule has 0 spiro atoms. The van der Waals surface area contributed by atoms with Gasteiger partial charge in [-0.25, -0.2) is 9.78 Å². The summed E-state index contributed by atoms with van der Waals surface area (Å²) in [7, 11) is 1.31. The zero-order chi connectivity index (χ0) is 15.5. The van der Waals surface area contributed by atoms with Crippen molar-refractivity contribution >= 4 is 39.8 Å². The predicted molar refractivity (Wildman–Crippen MR) is 85.3 cm³/mol. The number of fused-ring (bicyclic) bond motifs is 1. The molecular weight excluding hydrogens is 322 g/mol. The van der Waals surface area contributed by atoms with Crippen molar-refractivity contribution in [2.75, 3.05) is 19.0 Å². The van der Waals surface area contributed by atoms with Gasteiger partial charge in [0.05, 0.1) is 25.8 Å². The summed E-state index contributed by atoms with van der Waals surface area (Å²) >= 11 is 2.99. The quantitative estimate of drug-likeness (QED) is 0.934. The molecule has 0 radical (unpaired) electrons. The highest BCUT2D eigenvalue weighted by molar-refractivity contribution is 7.15. The molecule has 2 aromatic heterocycles. The van der Waals surface area contributed by atoms with Gasteiger partial charge in [-0.05, 0) is 11.4 Å². The number of rotatable bonds is 3. The molecule has 0 saturated heterocycles. The SMILES string of the molecule is COC(=O)Nc1nc2c(s1)CN(C(=O)Cc1cccs1)CC2. The number of amides is 2. The summed E-state index contributed by atoms with van der Waals surface area (Å²) in [5.41, 5.74) is 0.955. The van der Waals surface area contributed by atoms with Crippen molar-refractivity contribution in [2.45, 2.75) is 19.4 Å². The Morgan fingerprint density at radius 2 is 2.36 bits per heavy atom. The Morgan fingerprint density at radius 3 is 3.09 bits per heavy atom. The lowest BCUT2D eigenvalue weighted by Gasteiger charge is -2.25. The van der Waals surface area contributed by atoms with E-state index in [1.165, 1.54) is 18.4 Å². The van der Waals surface area contributed by atoms with Crippen LogP contribution in [-0.4, -0.2) is 35.5 Å². The van der Waals surface area contributed by atoms with Gasteiger partial charge in [0.1, 0.15) is 0 Å². The molecule has 3 heterocycles. The van der Waals surface area contributed by atoms with Crippen molar-refractivity contribution in [1.82, 2.24) is 9.88 Å². The fourth-order valence-electron chi connectivity index (χ4n) is 2.27. The standard InChI is InChI=1S/C14H15N3O3S2/c1-20-14(19)16-13-15-10-4-5-17(8-11(10)22-13)12(18)7-9-3-2-6-21-9/h2-3,6H,4-5,7-8H2,1H3,(H,15,16,19). The van der Waals surface area contributed by atoms with Crippen LogP contribution in [0.15, 0.2) is 17.5 Å². The van der Waals surface area contributed by atoms with Crippen LogP contribution >= 0.6 is 22.7 Å². The molecule has 116 valence electrons. The predicted octanol–water partition coefficient (Wildman–Crippen LogP) is 2.51. The van der Waals surface area contributed by atoms with Crippen LogP contribution in [-0.2, 0) is 28.9 Å². The van der Waals surface area contributed by atoms with Gasteiger partial charge in [0, 0.05) is 22.7 Å². The number of methoxy groups -OCH3 is 1. The van der Waals surface area contributed by atoms with E-state index in [1.54, 1.807) is 11.3 Å². The van der Waals surface area contributed by atoms with Crippen molar-refractivity contribution in [3.8, 4) is 0 Å². The number of carbonyl (C=O) groups is 2. The topological polar surface area (TPSA) is 71.5 Å². The Balaban J connectivity index is 1.65. The molecule has 0 bridgehead atoms. The van der Waals surface area contributed by atoms with E-state index in [0.29, 0.717) is 31.1 Å². The number of aromatic nitrogens is 1. The lowest BCUT2D eigenvalue weighted by molar-refractivity contribution is -0.131.